The van der Waals surface area contributed by atoms with Crippen LogP contribution in [0.1, 0.15) is 26.2 Å². The van der Waals surface area contributed by atoms with Gasteiger partial charge in [-0.25, -0.2) is 4.98 Å². The maximum Gasteiger partial charge on any atom is 0.262 e. The lowest BCUT2D eigenvalue weighted by atomic mass is 10.0. The normalized spacial score (nSPS) is 16.6. The summed E-state index contributed by atoms with van der Waals surface area (Å²) in [5, 5.41) is 4.42. The first-order valence-electron chi connectivity index (χ1n) is 9.95. The third-order valence-corrected chi connectivity index (χ3v) is 5.50. The summed E-state index contributed by atoms with van der Waals surface area (Å²) >= 11 is 5.87. The van der Waals surface area contributed by atoms with E-state index >= 15 is 0 Å². The fraction of sp³-hybridized carbons (Fsp3) is 0.304. The van der Waals surface area contributed by atoms with Gasteiger partial charge in [-0.1, -0.05) is 23.7 Å². The number of benzene rings is 2. The Morgan fingerprint density at radius 3 is 2.79 bits per heavy atom. The van der Waals surface area contributed by atoms with Gasteiger partial charge >= 0.3 is 0 Å². The molecule has 0 bridgehead atoms. The van der Waals surface area contributed by atoms with Gasteiger partial charge in [0.05, 0.1) is 0 Å². The molecule has 1 amide bonds. The number of carbonyl (C=O) groups excluding carboxylic acids is 1. The Bertz CT molecular complexity index is 1010. The summed E-state index contributed by atoms with van der Waals surface area (Å²) in [5.74, 6) is 1.34. The van der Waals surface area contributed by atoms with Crippen LogP contribution in [0, 0.1) is 0 Å². The molecule has 1 N–H and O–H groups in total. The van der Waals surface area contributed by atoms with Crippen LogP contribution in [0.3, 0.4) is 0 Å². The summed E-state index contributed by atoms with van der Waals surface area (Å²) in [5.41, 5.74) is 1.46. The highest BCUT2D eigenvalue weighted by Crippen LogP contribution is 2.29. The highest BCUT2D eigenvalue weighted by molar-refractivity contribution is 6.30. The van der Waals surface area contributed by atoms with Crippen molar-refractivity contribution in [1.29, 1.82) is 0 Å². The van der Waals surface area contributed by atoms with Gasteiger partial charge in [0, 0.05) is 28.7 Å². The van der Waals surface area contributed by atoms with Crippen molar-refractivity contribution < 1.29 is 9.53 Å². The van der Waals surface area contributed by atoms with E-state index in [1.807, 2.05) is 18.2 Å². The molecule has 0 spiro atoms. The molecule has 1 unspecified atom stereocenters. The van der Waals surface area contributed by atoms with Gasteiger partial charge in [-0.3, -0.25) is 4.79 Å². The number of nitrogens with one attached hydrogen (secondary N) is 1. The Hall–Kier alpha value is -2.79. The number of carbonyl (C=O) groups is 1. The Labute approximate surface area is 175 Å². The van der Waals surface area contributed by atoms with E-state index in [1.165, 1.54) is 19.3 Å². The minimum absolute atomic E-state index is 0.0895. The monoisotopic (exact) mass is 409 g/mol. The summed E-state index contributed by atoms with van der Waals surface area (Å²) < 4.78 is 5.83. The lowest BCUT2D eigenvalue weighted by molar-refractivity contribution is -0.118. The van der Waals surface area contributed by atoms with Crippen LogP contribution < -0.4 is 15.0 Å². The largest absolute Gasteiger partial charge is 0.481 e. The van der Waals surface area contributed by atoms with Gasteiger partial charge in [0.1, 0.15) is 17.1 Å². The standard InChI is InChI=1S/C23H24ClN3O2/c1-16-5-2-3-14-27(16)21-13-8-17-6-4-7-20(23(17)26-21)29-15-22(28)25-19-11-9-18(24)10-12-19/h4,6-13,16H,2-3,5,14-15H2,1H3,(H,25,28). The predicted molar refractivity (Wildman–Crippen MR) is 118 cm³/mol. The molecule has 1 fully saturated rings. The Morgan fingerprint density at radius 2 is 2.00 bits per heavy atom. The number of para-hydroxylation sites is 1. The molecule has 150 valence electrons. The van der Waals surface area contributed by atoms with Crippen LogP contribution in [-0.4, -0.2) is 30.1 Å². The van der Waals surface area contributed by atoms with Crippen LogP contribution in [0.25, 0.3) is 10.9 Å². The molecule has 4 rings (SSSR count). The zero-order chi connectivity index (χ0) is 20.2. The first kappa shape index (κ1) is 19.5. The molecule has 3 aromatic rings. The molecule has 1 aromatic heterocycles. The van der Waals surface area contributed by atoms with Crippen molar-refractivity contribution in [2.45, 2.75) is 32.2 Å². The smallest absolute Gasteiger partial charge is 0.262 e. The number of halogens is 1. The van der Waals surface area contributed by atoms with E-state index < -0.39 is 0 Å². The number of rotatable bonds is 5. The minimum atomic E-state index is -0.231. The molecule has 0 aliphatic carbocycles. The molecular weight excluding hydrogens is 386 g/mol. The number of piperidine rings is 1. The summed E-state index contributed by atoms with van der Waals surface area (Å²) in [6.45, 7) is 3.18. The minimum Gasteiger partial charge on any atom is -0.481 e. The van der Waals surface area contributed by atoms with Gasteiger partial charge in [-0.2, -0.15) is 0 Å². The molecular formula is C23H24ClN3O2. The topological polar surface area (TPSA) is 54.5 Å². The third-order valence-electron chi connectivity index (χ3n) is 5.25. The molecule has 2 aromatic carbocycles. The number of ether oxygens (including phenoxy) is 1. The fourth-order valence-corrected chi connectivity index (χ4v) is 3.82. The average molecular weight is 410 g/mol. The number of hydrogen-bond donors (Lipinski definition) is 1. The molecule has 1 atom stereocenters. The lowest BCUT2D eigenvalue weighted by Gasteiger charge is -2.34. The number of amides is 1. The van der Waals surface area contributed by atoms with Crippen LogP contribution in [0.2, 0.25) is 5.02 Å². The second-order valence-corrected chi connectivity index (χ2v) is 7.82. The molecule has 6 heteroatoms. The summed E-state index contributed by atoms with van der Waals surface area (Å²) in [6.07, 6.45) is 3.64. The fourth-order valence-electron chi connectivity index (χ4n) is 3.70. The summed E-state index contributed by atoms with van der Waals surface area (Å²) in [7, 11) is 0. The number of nitrogens with zero attached hydrogens (tertiary/aromatic N) is 2. The Morgan fingerprint density at radius 1 is 1.17 bits per heavy atom. The zero-order valence-electron chi connectivity index (χ0n) is 16.4. The number of anilines is 2. The van der Waals surface area contributed by atoms with Gasteiger partial charge in [0.2, 0.25) is 0 Å². The number of aromatic nitrogens is 1. The lowest BCUT2D eigenvalue weighted by Crippen LogP contribution is -2.37. The van der Waals surface area contributed by atoms with Crippen LogP contribution in [0.4, 0.5) is 11.5 Å². The van der Waals surface area contributed by atoms with Gasteiger partial charge in [-0.15, -0.1) is 0 Å². The van der Waals surface area contributed by atoms with E-state index in [2.05, 4.69) is 29.3 Å². The van der Waals surface area contributed by atoms with Gasteiger partial charge in [-0.05, 0) is 68.7 Å². The van der Waals surface area contributed by atoms with Crippen LogP contribution in [0.5, 0.6) is 5.75 Å². The SMILES string of the molecule is CC1CCCCN1c1ccc2cccc(OCC(=O)Nc3ccc(Cl)cc3)c2n1. The number of fused-ring (bicyclic) bond motifs is 1. The molecule has 2 heterocycles. The number of hydrogen-bond acceptors (Lipinski definition) is 4. The van der Waals surface area contributed by atoms with E-state index in [0.717, 1.165) is 23.3 Å². The van der Waals surface area contributed by atoms with E-state index in [9.17, 15) is 4.79 Å². The highest BCUT2D eigenvalue weighted by atomic mass is 35.5. The van der Waals surface area contributed by atoms with Crippen molar-refractivity contribution in [1.82, 2.24) is 4.98 Å². The second kappa shape index (κ2) is 8.70. The molecule has 1 aliphatic heterocycles. The van der Waals surface area contributed by atoms with Crippen molar-refractivity contribution in [3.05, 3.63) is 59.6 Å². The Balaban J connectivity index is 1.50. The molecule has 29 heavy (non-hydrogen) atoms. The highest BCUT2D eigenvalue weighted by Gasteiger charge is 2.20. The first-order valence-corrected chi connectivity index (χ1v) is 10.3. The zero-order valence-corrected chi connectivity index (χ0v) is 17.2. The number of pyridine rings is 1. The van der Waals surface area contributed by atoms with E-state index in [4.69, 9.17) is 21.3 Å². The van der Waals surface area contributed by atoms with Crippen LogP contribution in [-0.2, 0) is 4.79 Å². The van der Waals surface area contributed by atoms with Gasteiger partial charge in [0.25, 0.3) is 5.91 Å². The third kappa shape index (κ3) is 4.62. The maximum atomic E-state index is 12.3. The van der Waals surface area contributed by atoms with Crippen LogP contribution >= 0.6 is 11.6 Å². The maximum absolute atomic E-state index is 12.3. The molecule has 1 aliphatic rings. The van der Waals surface area contributed by atoms with E-state index in [1.54, 1.807) is 24.3 Å². The molecule has 0 radical (unpaired) electrons. The Kier molecular flexibility index (Phi) is 5.86. The average Bonchev–Trinajstić information content (AvgIpc) is 2.74. The quantitative estimate of drug-likeness (QED) is 0.622. The van der Waals surface area contributed by atoms with Crippen molar-refractivity contribution in [3.63, 3.8) is 0 Å². The van der Waals surface area contributed by atoms with Crippen molar-refractivity contribution in [3.8, 4) is 5.75 Å². The predicted octanol–water partition coefficient (Wildman–Crippen LogP) is 5.28. The second-order valence-electron chi connectivity index (χ2n) is 7.38. The van der Waals surface area contributed by atoms with E-state index in [-0.39, 0.29) is 12.5 Å². The molecule has 5 nitrogen and oxygen atoms in total. The van der Waals surface area contributed by atoms with Crippen molar-refractivity contribution in [2.75, 3.05) is 23.4 Å². The molecule has 1 saturated heterocycles. The van der Waals surface area contributed by atoms with E-state index in [0.29, 0.717) is 22.5 Å². The van der Waals surface area contributed by atoms with Crippen molar-refractivity contribution >= 4 is 39.9 Å². The molecule has 0 saturated carbocycles. The van der Waals surface area contributed by atoms with Gasteiger partial charge < -0.3 is 15.0 Å². The first-order chi connectivity index (χ1) is 14.1. The van der Waals surface area contributed by atoms with Gasteiger partial charge in [0.15, 0.2) is 6.61 Å². The van der Waals surface area contributed by atoms with Crippen LogP contribution in [0.15, 0.2) is 54.6 Å². The van der Waals surface area contributed by atoms with Crippen molar-refractivity contribution in [2.24, 2.45) is 0 Å². The summed E-state index contributed by atoms with van der Waals surface area (Å²) in [4.78, 5) is 19.5. The summed E-state index contributed by atoms with van der Waals surface area (Å²) in [6, 6.07) is 17.4.